The normalized spacial score (nSPS) is 10.9. The molecule has 0 amide bonds. The first-order valence-electron chi connectivity index (χ1n) is 5.21. The minimum Gasteiger partial charge on any atom is -0.235 e. The highest BCUT2D eigenvalue weighted by molar-refractivity contribution is 6.30. The van der Waals surface area contributed by atoms with Crippen molar-refractivity contribution in [2.45, 2.75) is 6.54 Å². The van der Waals surface area contributed by atoms with E-state index in [1.54, 1.807) is 10.9 Å². The molecule has 17 heavy (non-hydrogen) atoms. The third-order valence-corrected chi connectivity index (χ3v) is 2.73. The number of fused-ring (bicyclic) bond motifs is 1. The lowest BCUT2D eigenvalue weighted by molar-refractivity contribution is 0.664. The molecule has 0 bridgehead atoms. The second-order valence-electron chi connectivity index (χ2n) is 3.72. The quantitative estimate of drug-likeness (QED) is 0.696. The van der Waals surface area contributed by atoms with Crippen LogP contribution in [0.2, 0.25) is 5.02 Å². The predicted octanol–water partition coefficient (Wildman–Crippen LogP) is 2.53. The molecule has 0 saturated heterocycles. The summed E-state index contributed by atoms with van der Waals surface area (Å²) in [6.45, 7) is 0.619. The number of nitrogens with zero attached hydrogens (tertiary/aromatic N) is 4. The van der Waals surface area contributed by atoms with E-state index in [4.69, 9.17) is 11.6 Å². The maximum atomic E-state index is 5.94. The minimum atomic E-state index is 0.619. The Morgan fingerprint density at radius 3 is 3.00 bits per heavy atom. The Balaban J connectivity index is 2.00. The summed E-state index contributed by atoms with van der Waals surface area (Å²) in [5.41, 5.74) is 2.66. The molecule has 0 atom stereocenters. The van der Waals surface area contributed by atoms with Crippen LogP contribution in [0.4, 0.5) is 0 Å². The van der Waals surface area contributed by atoms with E-state index >= 15 is 0 Å². The number of benzene rings is 1. The Labute approximate surface area is 103 Å². The molecule has 0 fully saturated rings. The lowest BCUT2D eigenvalue weighted by Gasteiger charge is -2.02. The van der Waals surface area contributed by atoms with Crippen LogP contribution in [0.25, 0.3) is 11.2 Å². The summed E-state index contributed by atoms with van der Waals surface area (Å²) in [7, 11) is 0. The molecule has 3 aromatic rings. The second kappa shape index (κ2) is 4.14. The molecular weight excluding hydrogens is 236 g/mol. The SMILES string of the molecule is Clc1cccc(Cn2nnc3cccnc32)c1. The molecule has 0 radical (unpaired) electrons. The van der Waals surface area contributed by atoms with E-state index in [2.05, 4.69) is 15.3 Å². The molecule has 2 heterocycles. The summed E-state index contributed by atoms with van der Waals surface area (Å²) in [5.74, 6) is 0. The Morgan fingerprint density at radius 1 is 1.18 bits per heavy atom. The van der Waals surface area contributed by atoms with E-state index in [0.717, 1.165) is 21.7 Å². The van der Waals surface area contributed by atoms with Crippen LogP contribution in [0.15, 0.2) is 42.6 Å². The Morgan fingerprint density at radius 2 is 2.12 bits per heavy atom. The number of hydrogen-bond donors (Lipinski definition) is 0. The van der Waals surface area contributed by atoms with Crippen molar-refractivity contribution in [1.82, 2.24) is 20.0 Å². The highest BCUT2D eigenvalue weighted by Gasteiger charge is 2.05. The van der Waals surface area contributed by atoms with Gasteiger partial charge in [0.25, 0.3) is 0 Å². The molecule has 84 valence electrons. The van der Waals surface area contributed by atoms with E-state index in [9.17, 15) is 0 Å². The molecule has 0 aliphatic heterocycles. The Bertz CT molecular complexity index is 662. The van der Waals surface area contributed by atoms with Crippen molar-refractivity contribution in [3.05, 3.63) is 53.2 Å². The van der Waals surface area contributed by atoms with Gasteiger partial charge in [0, 0.05) is 11.2 Å². The summed E-state index contributed by atoms with van der Waals surface area (Å²) in [6.07, 6.45) is 1.74. The van der Waals surface area contributed by atoms with Crippen LogP contribution >= 0.6 is 11.6 Å². The van der Waals surface area contributed by atoms with Crippen LogP contribution in [0, 0.1) is 0 Å². The van der Waals surface area contributed by atoms with E-state index in [1.807, 2.05) is 36.4 Å². The van der Waals surface area contributed by atoms with Gasteiger partial charge in [-0.25, -0.2) is 9.67 Å². The Hall–Kier alpha value is -1.94. The van der Waals surface area contributed by atoms with Gasteiger partial charge in [-0.05, 0) is 29.8 Å². The number of rotatable bonds is 2. The number of aromatic nitrogens is 4. The van der Waals surface area contributed by atoms with Crippen LogP contribution in [0.5, 0.6) is 0 Å². The third-order valence-electron chi connectivity index (χ3n) is 2.49. The van der Waals surface area contributed by atoms with Crippen molar-refractivity contribution < 1.29 is 0 Å². The molecular formula is C12H9ClN4. The van der Waals surface area contributed by atoms with Crippen LogP contribution in [0.3, 0.4) is 0 Å². The topological polar surface area (TPSA) is 43.6 Å². The van der Waals surface area contributed by atoms with Gasteiger partial charge in [0.1, 0.15) is 5.52 Å². The highest BCUT2D eigenvalue weighted by atomic mass is 35.5. The molecule has 0 saturated carbocycles. The maximum Gasteiger partial charge on any atom is 0.178 e. The lowest BCUT2D eigenvalue weighted by atomic mass is 10.2. The van der Waals surface area contributed by atoms with E-state index < -0.39 is 0 Å². The van der Waals surface area contributed by atoms with Gasteiger partial charge < -0.3 is 0 Å². The van der Waals surface area contributed by atoms with Crippen molar-refractivity contribution in [1.29, 1.82) is 0 Å². The van der Waals surface area contributed by atoms with Crippen LogP contribution in [0.1, 0.15) is 5.56 Å². The lowest BCUT2D eigenvalue weighted by Crippen LogP contribution is -2.02. The smallest absolute Gasteiger partial charge is 0.178 e. The molecule has 0 aliphatic rings. The molecule has 0 N–H and O–H groups in total. The van der Waals surface area contributed by atoms with Gasteiger partial charge in [0.05, 0.1) is 6.54 Å². The minimum absolute atomic E-state index is 0.619. The van der Waals surface area contributed by atoms with Gasteiger partial charge in [0.2, 0.25) is 0 Å². The van der Waals surface area contributed by atoms with Crippen molar-refractivity contribution in [3.63, 3.8) is 0 Å². The van der Waals surface area contributed by atoms with Gasteiger partial charge in [0.15, 0.2) is 5.65 Å². The van der Waals surface area contributed by atoms with Crippen molar-refractivity contribution in [2.24, 2.45) is 0 Å². The van der Waals surface area contributed by atoms with Crippen molar-refractivity contribution in [3.8, 4) is 0 Å². The summed E-state index contributed by atoms with van der Waals surface area (Å²) in [4.78, 5) is 4.26. The predicted molar refractivity (Wildman–Crippen MR) is 65.9 cm³/mol. The fourth-order valence-electron chi connectivity index (χ4n) is 1.72. The van der Waals surface area contributed by atoms with Crippen molar-refractivity contribution in [2.75, 3.05) is 0 Å². The summed E-state index contributed by atoms with van der Waals surface area (Å²) < 4.78 is 1.76. The standard InChI is InChI=1S/C12H9ClN4/c13-10-4-1-3-9(7-10)8-17-12-11(15-16-17)5-2-6-14-12/h1-7H,8H2. The van der Waals surface area contributed by atoms with Gasteiger partial charge in [-0.3, -0.25) is 0 Å². The van der Waals surface area contributed by atoms with E-state index in [0.29, 0.717) is 6.54 Å². The zero-order chi connectivity index (χ0) is 11.7. The van der Waals surface area contributed by atoms with Crippen LogP contribution in [-0.4, -0.2) is 20.0 Å². The van der Waals surface area contributed by atoms with Crippen LogP contribution in [-0.2, 0) is 6.54 Å². The number of pyridine rings is 1. The highest BCUT2D eigenvalue weighted by Crippen LogP contribution is 2.13. The Kier molecular flexibility index (Phi) is 2.49. The number of hydrogen-bond acceptors (Lipinski definition) is 3. The molecule has 1 aromatic carbocycles. The molecule has 3 rings (SSSR count). The molecule has 4 nitrogen and oxygen atoms in total. The average molecular weight is 245 g/mol. The molecule has 0 aliphatic carbocycles. The van der Waals surface area contributed by atoms with Crippen LogP contribution < -0.4 is 0 Å². The fourth-order valence-corrected chi connectivity index (χ4v) is 1.94. The zero-order valence-electron chi connectivity index (χ0n) is 8.92. The molecule has 2 aromatic heterocycles. The zero-order valence-corrected chi connectivity index (χ0v) is 9.67. The van der Waals surface area contributed by atoms with E-state index in [-0.39, 0.29) is 0 Å². The first-order chi connectivity index (χ1) is 8.33. The van der Waals surface area contributed by atoms with Gasteiger partial charge >= 0.3 is 0 Å². The van der Waals surface area contributed by atoms with Crippen molar-refractivity contribution >= 4 is 22.8 Å². The summed E-state index contributed by atoms with van der Waals surface area (Å²) in [6, 6.07) is 11.4. The molecule has 0 spiro atoms. The molecule has 5 heteroatoms. The number of halogens is 1. The van der Waals surface area contributed by atoms with E-state index in [1.165, 1.54) is 0 Å². The maximum absolute atomic E-state index is 5.94. The monoisotopic (exact) mass is 244 g/mol. The second-order valence-corrected chi connectivity index (χ2v) is 4.16. The molecule has 0 unspecified atom stereocenters. The van der Waals surface area contributed by atoms with Gasteiger partial charge in [-0.15, -0.1) is 5.10 Å². The third kappa shape index (κ3) is 1.99. The van der Waals surface area contributed by atoms with Gasteiger partial charge in [-0.1, -0.05) is 28.9 Å². The fraction of sp³-hybridized carbons (Fsp3) is 0.0833. The van der Waals surface area contributed by atoms with Gasteiger partial charge in [-0.2, -0.15) is 0 Å². The first-order valence-corrected chi connectivity index (χ1v) is 5.59. The average Bonchev–Trinajstić information content (AvgIpc) is 2.73. The summed E-state index contributed by atoms with van der Waals surface area (Å²) in [5, 5.41) is 8.86. The first kappa shape index (κ1) is 10.2. The largest absolute Gasteiger partial charge is 0.235 e. The summed E-state index contributed by atoms with van der Waals surface area (Å²) >= 11 is 5.94.